The van der Waals surface area contributed by atoms with Crippen LogP contribution in [0.4, 0.5) is 0 Å². The zero-order valence-electron chi connectivity index (χ0n) is 13.8. The first-order valence-electron chi connectivity index (χ1n) is 4.77. The summed E-state index contributed by atoms with van der Waals surface area (Å²) in [6, 6.07) is 0. The number of hydrogen-bond acceptors (Lipinski definition) is 8. The van der Waals surface area contributed by atoms with Crippen LogP contribution in [-0.4, -0.2) is 72.9 Å². The minimum atomic E-state index is -4.10. The summed E-state index contributed by atoms with van der Waals surface area (Å²) in [6.07, 6.45) is -1.66. The maximum Gasteiger partial charge on any atom is 1.00 e. The topological polar surface area (TPSA) is 282 Å². The van der Waals surface area contributed by atoms with Crippen molar-refractivity contribution in [3.05, 3.63) is 0 Å². The van der Waals surface area contributed by atoms with Gasteiger partial charge in [-0.15, -0.1) is 17.0 Å². The molecule has 0 aromatic rings. The Balaban J connectivity index is -0.0000000301. The fraction of sp³-hybridized carbons (Fsp3) is 0.667. The first-order chi connectivity index (χ1) is 9.25. The molecule has 20 heteroatoms. The molecule has 0 atom stereocenters. The monoisotopic (exact) mass is 610 g/mol. The predicted octanol–water partition coefficient (Wildman–Crippen LogP) is -13.6. The van der Waals surface area contributed by atoms with Gasteiger partial charge in [0.05, 0.1) is 18.8 Å². The number of rotatable bonds is 6. The quantitative estimate of drug-likeness (QED) is 0.102. The van der Waals surface area contributed by atoms with Crippen molar-refractivity contribution in [1.29, 1.82) is 0 Å². The van der Waals surface area contributed by atoms with Gasteiger partial charge in [0.1, 0.15) is 6.35 Å². The van der Waals surface area contributed by atoms with Crippen molar-refractivity contribution in [2.75, 3.05) is 25.7 Å². The molecule has 152 valence electrons. The molecule has 0 fully saturated rings. The van der Waals surface area contributed by atoms with E-state index in [1.165, 1.54) is 0 Å². The van der Waals surface area contributed by atoms with Gasteiger partial charge < -0.3 is 67.9 Å². The summed E-state index contributed by atoms with van der Waals surface area (Å²) in [5, 5.41) is 26.8. The van der Waals surface area contributed by atoms with Gasteiger partial charge in [-0.1, -0.05) is 0 Å². The third kappa shape index (κ3) is 80.6. The SMILES string of the molecule is Br.NCC(=O)[O-].O.O=C(O)CNCP(=O)(O)O.O=P(O)(O)CO.[Br-].[K+].[K+]. The molecule has 0 aliphatic rings. The second-order valence-corrected chi connectivity index (χ2v) is 6.28. The van der Waals surface area contributed by atoms with Gasteiger partial charge in [-0.2, -0.15) is 0 Å². The van der Waals surface area contributed by atoms with Crippen LogP contribution in [0.15, 0.2) is 0 Å². The van der Waals surface area contributed by atoms with Crippen molar-refractivity contribution in [2.24, 2.45) is 5.73 Å². The molecule has 0 aromatic carbocycles. The van der Waals surface area contributed by atoms with E-state index in [0.717, 1.165) is 0 Å². The number of nitrogens with two attached hydrogens (primary N) is 1. The minimum absolute atomic E-state index is 0. The van der Waals surface area contributed by atoms with Gasteiger partial charge in [0.2, 0.25) is 0 Å². The number of carbonyl (C=O) groups is 2. The number of nitrogens with one attached hydrogen (secondary N) is 1. The largest absolute Gasteiger partial charge is 1.00 e. The molecule has 0 amide bonds. The summed E-state index contributed by atoms with van der Waals surface area (Å²) in [5.41, 5.74) is 4.51. The number of aliphatic carboxylic acids is 2. The van der Waals surface area contributed by atoms with E-state index in [4.69, 9.17) is 39.7 Å². The van der Waals surface area contributed by atoms with Crippen LogP contribution in [0.5, 0.6) is 0 Å². The zero-order valence-corrected chi connectivity index (χ0v) is 25.1. The fourth-order valence-electron chi connectivity index (χ4n) is 0.308. The molecule has 0 rings (SSSR count). The van der Waals surface area contributed by atoms with Crippen LogP contribution in [0, 0.1) is 0 Å². The minimum Gasteiger partial charge on any atom is -1.00 e. The van der Waals surface area contributed by atoms with Crippen LogP contribution in [0.1, 0.15) is 0 Å². The molecule has 0 aliphatic heterocycles. The van der Waals surface area contributed by atoms with Gasteiger partial charge in [-0.05, 0) is 0 Å². The van der Waals surface area contributed by atoms with Gasteiger partial charge in [0.25, 0.3) is 0 Å². The van der Waals surface area contributed by atoms with Gasteiger partial charge in [-0.25, -0.2) is 0 Å². The first-order valence-corrected chi connectivity index (χ1v) is 8.37. The summed E-state index contributed by atoms with van der Waals surface area (Å²) in [4.78, 5) is 50.6. The number of carboxylic acids is 2. The Hall–Kier alpha value is 3.31. The second-order valence-electron chi connectivity index (χ2n) is 3.03. The zero-order chi connectivity index (χ0) is 17.7. The summed E-state index contributed by atoms with van der Waals surface area (Å²) < 4.78 is 19.5. The van der Waals surface area contributed by atoms with Crippen LogP contribution in [-0.2, 0) is 18.7 Å². The van der Waals surface area contributed by atoms with Crippen LogP contribution in [0.3, 0.4) is 0 Å². The molecule has 0 spiro atoms. The fourth-order valence-corrected chi connectivity index (χ4v) is 0.712. The van der Waals surface area contributed by atoms with Crippen molar-refractivity contribution in [3.63, 3.8) is 0 Å². The third-order valence-corrected chi connectivity index (χ3v) is 1.95. The van der Waals surface area contributed by atoms with Crippen molar-refractivity contribution in [1.82, 2.24) is 5.32 Å². The summed E-state index contributed by atoms with van der Waals surface area (Å²) in [6.45, 7) is -0.828. The van der Waals surface area contributed by atoms with Gasteiger partial charge in [-0.3, -0.25) is 19.2 Å². The van der Waals surface area contributed by atoms with Gasteiger partial charge in [0.15, 0.2) is 0 Å². The molecular formula is C6H20Br2K2N2O12P2. The summed E-state index contributed by atoms with van der Waals surface area (Å²) in [7, 11) is -8.19. The average molecular weight is 612 g/mol. The van der Waals surface area contributed by atoms with Crippen LogP contribution >= 0.6 is 32.2 Å². The molecule has 0 unspecified atom stereocenters. The maximum atomic E-state index is 10.1. The third-order valence-electron chi connectivity index (χ3n) is 0.945. The Morgan fingerprint density at radius 3 is 1.42 bits per heavy atom. The Bertz CT molecular complexity index is 409. The Morgan fingerprint density at radius 1 is 1.04 bits per heavy atom. The summed E-state index contributed by atoms with van der Waals surface area (Å²) in [5.74, 6) is -2.36. The molecule has 14 nitrogen and oxygen atoms in total. The maximum absolute atomic E-state index is 10.1. The normalized spacial score (nSPS) is 8.54. The number of aliphatic hydroxyl groups excluding tert-OH is 1. The number of halogens is 2. The smallest absolute Gasteiger partial charge is 1.00 e. The number of carboxylic acid groups (broad SMARTS) is 2. The van der Waals surface area contributed by atoms with Crippen LogP contribution < -0.4 is 136 Å². The molecule has 11 N–H and O–H groups in total. The van der Waals surface area contributed by atoms with Crippen molar-refractivity contribution >= 4 is 44.1 Å². The van der Waals surface area contributed by atoms with Crippen molar-refractivity contribution in [3.8, 4) is 0 Å². The summed E-state index contributed by atoms with van der Waals surface area (Å²) >= 11 is 0. The molecule has 0 heterocycles. The molecule has 0 radical (unpaired) electrons. The van der Waals surface area contributed by atoms with E-state index < -0.39 is 46.3 Å². The van der Waals surface area contributed by atoms with E-state index in [1.54, 1.807) is 0 Å². The first kappa shape index (κ1) is 51.7. The van der Waals surface area contributed by atoms with E-state index in [-0.39, 0.29) is 149 Å². The van der Waals surface area contributed by atoms with Gasteiger partial charge in [0, 0.05) is 6.54 Å². The number of aliphatic hydroxyl groups is 1. The molecule has 0 aliphatic carbocycles. The van der Waals surface area contributed by atoms with E-state index in [9.17, 15) is 13.9 Å². The average Bonchev–Trinajstić information content (AvgIpc) is 2.27. The van der Waals surface area contributed by atoms with Crippen molar-refractivity contribution in [2.45, 2.75) is 0 Å². The van der Waals surface area contributed by atoms with Gasteiger partial charge >= 0.3 is 124 Å². The van der Waals surface area contributed by atoms with E-state index in [2.05, 4.69) is 11.1 Å². The molecular weight excluding hydrogens is 592 g/mol. The van der Waals surface area contributed by atoms with E-state index in [0.29, 0.717) is 0 Å². The molecule has 0 bridgehead atoms. The Labute approximate surface area is 255 Å². The predicted molar refractivity (Wildman–Crippen MR) is 79.7 cm³/mol. The molecule has 0 saturated carbocycles. The number of carbonyl (C=O) groups excluding carboxylic acids is 1. The van der Waals surface area contributed by atoms with Crippen LogP contribution in [0.25, 0.3) is 0 Å². The van der Waals surface area contributed by atoms with E-state index in [1.807, 2.05) is 0 Å². The van der Waals surface area contributed by atoms with E-state index >= 15 is 0 Å². The molecule has 0 saturated heterocycles. The molecule has 0 aromatic heterocycles. The second kappa shape index (κ2) is 30.5. The Kier molecular flexibility index (Phi) is 60.7. The molecule has 26 heavy (non-hydrogen) atoms. The Morgan fingerprint density at radius 2 is 1.31 bits per heavy atom. The van der Waals surface area contributed by atoms with Crippen LogP contribution in [0.2, 0.25) is 0 Å². The van der Waals surface area contributed by atoms with Crippen molar-refractivity contribution < 1.29 is 179 Å². The standard InChI is InChI=1S/C3H8NO5P.C2H5NO2.CH5O4P.2BrH.2K.H2O/c5-3(6)1-4-2-10(7,8)9;3-1-2(4)5;2-1-6(3,4)5;;;;;/h4H,1-2H2,(H,5,6)(H2,7,8,9);1,3H2,(H,4,5);2H,1H2,(H2,3,4,5);2*1H;;;1H2/q;;;;;2*+1;/p-2. The number of hydrogen-bond donors (Lipinski definition) is 8.